The van der Waals surface area contributed by atoms with Crippen LogP contribution in [-0.4, -0.2) is 23.9 Å². The van der Waals surface area contributed by atoms with Gasteiger partial charge in [-0.2, -0.15) is 5.26 Å². The predicted molar refractivity (Wildman–Crippen MR) is 153 cm³/mol. The average molecular weight is 540 g/mol. The van der Waals surface area contributed by atoms with Crippen molar-refractivity contribution < 1.29 is 4.79 Å². The van der Waals surface area contributed by atoms with Gasteiger partial charge in [-0.1, -0.05) is 120 Å². The fourth-order valence-corrected chi connectivity index (χ4v) is 6.01. The van der Waals surface area contributed by atoms with Crippen LogP contribution in [0.1, 0.15) is 41.5 Å². The maximum absolute atomic E-state index is 14.1. The van der Waals surface area contributed by atoms with Crippen LogP contribution in [0.15, 0.2) is 109 Å². The highest BCUT2D eigenvalue weighted by Crippen LogP contribution is 2.45. The summed E-state index contributed by atoms with van der Waals surface area (Å²) in [6, 6.07) is 38.3. The van der Waals surface area contributed by atoms with Gasteiger partial charge in [0.15, 0.2) is 0 Å². The van der Waals surface area contributed by atoms with Crippen molar-refractivity contribution in [2.24, 2.45) is 0 Å². The summed E-state index contributed by atoms with van der Waals surface area (Å²) < 4.78 is 0. The summed E-state index contributed by atoms with van der Waals surface area (Å²) in [5.41, 5.74) is 2.60. The van der Waals surface area contributed by atoms with E-state index in [4.69, 9.17) is 23.2 Å². The molecule has 38 heavy (non-hydrogen) atoms. The minimum atomic E-state index is -0.767. The molecule has 1 heterocycles. The molecule has 1 saturated heterocycles. The SMILES string of the molecule is N#CC1(c2ccccc2)CCN(C(=O)CC(c2ccccc2)(c2ccccc2)c2ccc(Cl)c(Cl)c2)CC1. The predicted octanol–water partition coefficient (Wildman–Crippen LogP) is 7.80. The molecule has 1 aliphatic heterocycles. The zero-order valence-corrected chi connectivity index (χ0v) is 22.5. The zero-order valence-electron chi connectivity index (χ0n) is 21.0. The quantitative estimate of drug-likeness (QED) is 0.235. The Hall–Kier alpha value is -3.58. The number of rotatable bonds is 6. The lowest BCUT2D eigenvalue weighted by Gasteiger charge is -2.41. The second-order valence-corrected chi connectivity index (χ2v) is 10.7. The van der Waals surface area contributed by atoms with Crippen molar-refractivity contribution in [1.82, 2.24) is 4.90 Å². The lowest BCUT2D eigenvalue weighted by Crippen LogP contribution is -2.47. The van der Waals surface area contributed by atoms with Crippen LogP contribution >= 0.6 is 23.2 Å². The topological polar surface area (TPSA) is 44.1 Å². The van der Waals surface area contributed by atoms with Gasteiger partial charge in [0.05, 0.1) is 26.9 Å². The molecule has 1 aliphatic rings. The molecule has 0 aliphatic carbocycles. The van der Waals surface area contributed by atoms with Crippen LogP contribution in [0.5, 0.6) is 0 Å². The van der Waals surface area contributed by atoms with E-state index in [-0.39, 0.29) is 12.3 Å². The normalized spacial score (nSPS) is 15.0. The van der Waals surface area contributed by atoms with Crippen molar-refractivity contribution in [3.05, 3.63) is 141 Å². The Bertz CT molecular complexity index is 1400. The molecule has 5 rings (SSSR count). The summed E-state index contributed by atoms with van der Waals surface area (Å²) in [5, 5.41) is 11.0. The lowest BCUT2D eigenvalue weighted by atomic mass is 9.67. The Morgan fingerprint density at radius 3 is 1.79 bits per heavy atom. The molecular formula is C33H28Cl2N2O. The van der Waals surface area contributed by atoms with Crippen LogP contribution in [0.2, 0.25) is 10.0 Å². The van der Waals surface area contributed by atoms with E-state index in [1.165, 1.54) is 0 Å². The van der Waals surface area contributed by atoms with Crippen LogP contribution in [-0.2, 0) is 15.6 Å². The number of nitriles is 1. The summed E-state index contributed by atoms with van der Waals surface area (Å²) in [6.45, 7) is 1.06. The molecule has 0 unspecified atom stereocenters. The number of carbonyl (C=O) groups excluding carboxylic acids is 1. The van der Waals surface area contributed by atoms with Gasteiger partial charge in [-0.3, -0.25) is 4.79 Å². The molecule has 0 radical (unpaired) electrons. The number of nitrogens with zero attached hydrogens (tertiary/aromatic N) is 2. The van der Waals surface area contributed by atoms with Crippen LogP contribution in [0, 0.1) is 11.3 Å². The van der Waals surface area contributed by atoms with Crippen LogP contribution in [0.25, 0.3) is 0 Å². The summed E-state index contributed by atoms with van der Waals surface area (Å²) in [4.78, 5) is 16.0. The number of hydrogen-bond donors (Lipinski definition) is 0. The summed E-state index contributed by atoms with van der Waals surface area (Å²) >= 11 is 12.8. The smallest absolute Gasteiger partial charge is 0.224 e. The van der Waals surface area contributed by atoms with Gasteiger partial charge in [0, 0.05) is 19.5 Å². The molecule has 4 aromatic rings. The highest BCUT2D eigenvalue weighted by Gasteiger charge is 2.42. The van der Waals surface area contributed by atoms with Gasteiger partial charge in [0.25, 0.3) is 0 Å². The molecule has 5 heteroatoms. The molecule has 1 amide bonds. The molecule has 0 bridgehead atoms. The van der Waals surface area contributed by atoms with Crippen LogP contribution < -0.4 is 0 Å². The Labute approximate surface area is 234 Å². The molecule has 3 nitrogen and oxygen atoms in total. The third-order valence-electron chi connectivity index (χ3n) is 7.87. The minimum Gasteiger partial charge on any atom is -0.343 e. The van der Waals surface area contributed by atoms with Crippen molar-refractivity contribution in [1.29, 1.82) is 5.26 Å². The Morgan fingerprint density at radius 1 is 0.763 bits per heavy atom. The molecule has 0 aromatic heterocycles. The first-order valence-electron chi connectivity index (χ1n) is 12.8. The Morgan fingerprint density at radius 2 is 1.29 bits per heavy atom. The van der Waals surface area contributed by atoms with Crippen molar-refractivity contribution >= 4 is 29.1 Å². The number of hydrogen-bond acceptors (Lipinski definition) is 2. The average Bonchev–Trinajstić information content (AvgIpc) is 2.98. The monoisotopic (exact) mass is 538 g/mol. The summed E-state index contributed by atoms with van der Waals surface area (Å²) in [7, 11) is 0. The van der Waals surface area contributed by atoms with Crippen LogP contribution in [0.4, 0.5) is 0 Å². The summed E-state index contributed by atoms with van der Waals surface area (Å²) in [6.07, 6.45) is 1.44. The van der Waals surface area contributed by atoms with E-state index in [1.807, 2.05) is 83.8 Å². The van der Waals surface area contributed by atoms with Gasteiger partial charge < -0.3 is 4.90 Å². The standard InChI is InChI=1S/C33H28Cl2N2O/c34-29-17-16-28(22-30(29)35)33(26-12-6-2-7-13-26,27-14-8-3-9-15-27)23-31(38)37-20-18-32(24-36,19-21-37)25-10-4-1-5-11-25/h1-17,22H,18-21,23H2. The summed E-state index contributed by atoms with van der Waals surface area (Å²) in [5.74, 6) is 0.0448. The third-order valence-corrected chi connectivity index (χ3v) is 8.61. The molecule has 0 N–H and O–H groups in total. The van der Waals surface area contributed by atoms with Crippen molar-refractivity contribution in [2.45, 2.75) is 30.1 Å². The van der Waals surface area contributed by atoms with E-state index >= 15 is 0 Å². The van der Waals surface area contributed by atoms with E-state index in [2.05, 4.69) is 30.3 Å². The van der Waals surface area contributed by atoms with E-state index in [1.54, 1.807) is 6.07 Å². The van der Waals surface area contributed by atoms with Gasteiger partial charge in [-0.05, 0) is 47.2 Å². The second kappa shape index (κ2) is 11.0. The Balaban J connectivity index is 1.53. The highest BCUT2D eigenvalue weighted by molar-refractivity contribution is 6.42. The number of likely N-dealkylation sites (tertiary alicyclic amines) is 1. The van der Waals surface area contributed by atoms with Gasteiger partial charge >= 0.3 is 0 Å². The van der Waals surface area contributed by atoms with Gasteiger partial charge in [-0.15, -0.1) is 0 Å². The maximum atomic E-state index is 14.1. The van der Waals surface area contributed by atoms with E-state index in [0.29, 0.717) is 36.0 Å². The van der Waals surface area contributed by atoms with Gasteiger partial charge in [0.1, 0.15) is 0 Å². The maximum Gasteiger partial charge on any atom is 0.224 e. The Kier molecular flexibility index (Phi) is 7.56. The lowest BCUT2D eigenvalue weighted by molar-refractivity contribution is -0.133. The third kappa shape index (κ3) is 4.83. The number of benzene rings is 4. The van der Waals surface area contributed by atoms with Gasteiger partial charge in [0.2, 0.25) is 5.91 Å². The second-order valence-electron chi connectivity index (χ2n) is 9.88. The first kappa shape index (κ1) is 26.0. The number of carbonyl (C=O) groups is 1. The van der Waals surface area contributed by atoms with E-state index < -0.39 is 10.8 Å². The number of piperidine rings is 1. The fourth-order valence-electron chi connectivity index (χ4n) is 5.71. The van der Waals surface area contributed by atoms with Crippen LogP contribution in [0.3, 0.4) is 0 Å². The van der Waals surface area contributed by atoms with Gasteiger partial charge in [-0.25, -0.2) is 0 Å². The highest BCUT2D eigenvalue weighted by atomic mass is 35.5. The molecular weight excluding hydrogens is 511 g/mol. The molecule has 0 spiro atoms. The van der Waals surface area contributed by atoms with Crippen molar-refractivity contribution in [3.8, 4) is 6.07 Å². The first-order valence-corrected chi connectivity index (χ1v) is 13.6. The zero-order chi connectivity index (χ0) is 26.6. The number of halogens is 2. The van der Waals surface area contributed by atoms with Crippen molar-refractivity contribution in [3.63, 3.8) is 0 Å². The van der Waals surface area contributed by atoms with E-state index in [9.17, 15) is 10.1 Å². The van der Waals surface area contributed by atoms with Crippen molar-refractivity contribution in [2.75, 3.05) is 13.1 Å². The molecule has 0 atom stereocenters. The molecule has 0 saturated carbocycles. The largest absolute Gasteiger partial charge is 0.343 e. The molecule has 4 aromatic carbocycles. The minimum absolute atomic E-state index is 0.0448. The molecule has 1 fully saturated rings. The first-order chi connectivity index (χ1) is 18.5. The number of amides is 1. The molecule has 190 valence electrons. The van der Waals surface area contributed by atoms with E-state index in [0.717, 1.165) is 22.3 Å². The fraction of sp³-hybridized carbons (Fsp3) is 0.212.